The summed E-state index contributed by atoms with van der Waals surface area (Å²) >= 11 is 7.05. The number of aromatic carboxylic acids is 1. The van der Waals surface area contributed by atoms with Crippen molar-refractivity contribution < 1.29 is 19.8 Å². The SMILES string of the molecule is O=C(Nc1scc(-c2ccc(Cl)cc2)c1C(=O)O)c1ccc2cccc(O)c2c1. The summed E-state index contributed by atoms with van der Waals surface area (Å²) in [6, 6.07) is 16.9. The van der Waals surface area contributed by atoms with Crippen LogP contribution in [-0.2, 0) is 0 Å². The molecule has 0 saturated carbocycles. The molecule has 29 heavy (non-hydrogen) atoms. The zero-order valence-electron chi connectivity index (χ0n) is 14.8. The van der Waals surface area contributed by atoms with Crippen molar-refractivity contribution in [1.82, 2.24) is 0 Å². The molecule has 0 unspecified atom stereocenters. The summed E-state index contributed by atoms with van der Waals surface area (Å²) < 4.78 is 0. The highest BCUT2D eigenvalue weighted by molar-refractivity contribution is 7.15. The smallest absolute Gasteiger partial charge is 0.339 e. The molecule has 0 aliphatic carbocycles. The van der Waals surface area contributed by atoms with Crippen molar-refractivity contribution >= 4 is 50.6 Å². The van der Waals surface area contributed by atoms with Gasteiger partial charge in [0.2, 0.25) is 0 Å². The Hall–Kier alpha value is -3.35. The van der Waals surface area contributed by atoms with Gasteiger partial charge < -0.3 is 15.5 Å². The molecular weight excluding hydrogens is 410 g/mol. The van der Waals surface area contributed by atoms with E-state index in [0.717, 1.165) is 16.7 Å². The average molecular weight is 424 g/mol. The first-order valence-corrected chi connectivity index (χ1v) is 9.83. The fourth-order valence-corrected chi connectivity index (χ4v) is 4.16. The lowest BCUT2D eigenvalue weighted by Crippen LogP contribution is -2.13. The summed E-state index contributed by atoms with van der Waals surface area (Å²) in [4.78, 5) is 24.6. The maximum absolute atomic E-state index is 12.7. The van der Waals surface area contributed by atoms with Crippen molar-refractivity contribution in [3.8, 4) is 16.9 Å². The van der Waals surface area contributed by atoms with E-state index in [0.29, 0.717) is 27.1 Å². The van der Waals surface area contributed by atoms with Crippen molar-refractivity contribution in [3.05, 3.63) is 82.2 Å². The number of carbonyl (C=O) groups is 2. The van der Waals surface area contributed by atoms with Gasteiger partial charge in [0.1, 0.15) is 16.3 Å². The zero-order chi connectivity index (χ0) is 20.5. The lowest BCUT2D eigenvalue weighted by Gasteiger charge is -2.08. The Kier molecular flexibility index (Phi) is 4.96. The van der Waals surface area contributed by atoms with Gasteiger partial charge in [-0.25, -0.2) is 4.79 Å². The van der Waals surface area contributed by atoms with E-state index < -0.39 is 11.9 Å². The van der Waals surface area contributed by atoms with E-state index in [9.17, 15) is 19.8 Å². The number of phenols is 1. The van der Waals surface area contributed by atoms with Gasteiger partial charge in [0, 0.05) is 26.9 Å². The van der Waals surface area contributed by atoms with Crippen molar-refractivity contribution in [2.45, 2.75) is 0 Å². The molecule has 0 aliphatic heterocycles. The molecule has 1 heterocycles. The lowest BCUT2D eigenvalue weighted by atomic mass is 10.0. The van der Waals surface area contributed by atoms with E-state index in [2.05, 4.69) is 5.32 Å². The van der Waals surface area contributed by atoms with Crippen LogP contribution in [-0.4, -0.2) is 22.1 Å². The number of hydrogen-bond acceptors (Lipinski definition) is 4. The second kappa shape index (κ2) is 7.58. The van der Waals surface area contributed by atoms with Crippen LogP contribution in [0.2, 0.25) is 5.02 Å². The molecule has 0 atom stereocenters. The maximum Gasteiger partial charge on any atom is 0.339 e. The van der Waals surface area contributed by atoms with Crippen molar-refractivity contribution in [2.24, 2.45) is 0 Å². The monoisotopic (exact) mass is 423 g/mol. The molecule has 0 radical (unpaired) electrons. The molecule has 0 fully saturated rings. The number of carboxylic acid groups (broad SMARTS) is 1. The largest absolute Gasteiger partial charge is 0.507 e. The van der Waals surface area contributed by atoms with E-state index in [1.165, 1.54) is 0 Å². The van der Waals surface area contributed by atoms with Crippen LogP contribution in [0.3, 0.4) is 0 Å². The molecule has 0 saturated heterocycles. The quantitative estimate of drug-likeness (QED) is 0.382. The second-order valence-electron chi connectivity index (χ2n) is 6.33. The Morgan fingerprint density at radius 2 is 1.76 bits per heavy atom. The van der Waals surface area contributed by atoms with Gasteiger partial charge in [-0.2, -0.15) is 0 Å². The van der Waals surface area contributed by atoms with Gasteiger partial charge in [-0.1, -0.05) is 41.9 Å². The zero-order valence-corrected chi connectivity index (χ0v) is 16.4. The lowest BCUT2D eigenvalue weighted by molar-refractivity contribution is 0.0699. The Morgan fingerprint density at radius 1 is 1.00 bits per heavy atom. The summed E-state index contributed by atoms with van der Waals surface area (Å²) in [5.74, 6) is -1.52. The number of phenolic OH excluding ortho intramolecular Hbond substituents is 1. The minimum Gasteiger partial charge on any atom is -0.507 e. The number of benzene rings is 3. The molecular formula is C22H14ClNO4S. The summed E-state index contributed by atoms with van der Waals surface area (Å²) in [7, 11) is 0. The topological polar surface area (TPSA) is 86.6 Å². The maximum atomic E-state index is 12.7. The highest BCUT2D eigenvalue weighted by Gasteiger charge is 2.21. The number of nitrogens with one attached hydrogen (secondary N) is 1. The molecule has 3 N–H and O–H groups in total. The van der Waals surface area contributed by atoms with Gasteiger partial charge >= 0.3 is 5.97 Å². The minimum atomic E-state index is -1.14. The fourth-order valence-electron chi connectivity index (χ4n) is 3.08. The van der Waals surface area contributed by atoms with Crippen molar-refractivity contribution in [1.29, 1.82) is 0 Å². The van der Waals surface area contributed by atoms with E-state index in [1.54, 1.807) is 60.0 Å². The van der Waals surface area contributed by atoms with Gasteiger partial charge in [0.25, 0.3) is 5.91 Å². The molecule has 0 bridgehead atoms. The number of rotatable bonds is 4. The Balaban J connectivity index is 1.69. The summed E-state index contributed by atoms with van der Waals surface area (Å²) in [5.41, 5.74) is 1.54. The third-order valence-corrected chi connectivity index (χ3v) is 5.66. The molecule has 0 spiro atoms. The molecule has 5 nitrogen and oxygen atoms in total. The highest BCUT2D eigenvalue weighted by atomic mass is 35.5. The molecule has 1 amide bonds. The van der Waals surface area contributed by atoms with Crippen LogP contribution < -0.4 is 5.32 Å². The highest BCUT2D eigenvalue weighted by Crippen LogP contribution is 2.36. The molecule has 1 aromatic heterocycles. The molecule has 4 rings (SSSR count). The molecule has 3 aromatic carbocycles. The normalized spacial score (nSPS) is 10.8. The standard InChI is InChI=1S/C22H14ClNO4S/c23-15-8-6-13(7-9-15)17-11-29-21(19(17)22(27)28)24-20(26)14-5-4-12-2-1-3-18(25)16(12)10-14/h1-11,25H,(H,24,26)(H,27,28). The van der Waals surface area contributed by atoms with E-state index in [-0.39, 0.29) is 16.3 Å². The summed E-state index contributed by atoms with van der Waals surface area (Å²) in [5, 5.41) is 26.2. The number of carboxylic acids is 1. The minimum absolute atomic E-state index is 0.0225. The number of amides is 1. The van der Waals surface area contributed by atoms with Gasteiger partial charge in [0.05, 0.1) is 0 Å². The molecule has 4 aromatic rings. The number of halogens is 1. The van der Waals surface area contributed by atoms with E-state index in [1.807, 2.05) is 6.07 Å². The molecule has 0 aliphatic rings. The summed E-state index contributed by atoms with van der Waals surface area (Å²) in [6.45, 7) is 0. The van der Waals surface area contributed by atoms with Crippen LogP contribution in [0.4, 0.5) is 5.00 Å². The number of aromatic hydroxyl groups is 1. The predicted octanol–water partition coefficient (Wildman–Crippen LogP) is 5.88. The van der Waals surface area contributed by atoms with Gasteiger partial charge in [-0.05, 0) is 41.3 Å². The van der Waals surface area contributed by atoms with Gasteiger partial charge in [-0.3, -0.25) is 4.79 Å². The third kappa shape index (κ3) is 3.68. The van der Waals surface area contributed by atoms with Crippen LogP contribution in [0.5, 0.6) is 5.75 Å². The summed E-state index contributed by atoms with van der Waals surface area (Å²) in [6.07, 6.45) is 0. The first-order chi connectivity index (χ1) is 13.9. The Labute approximate surface area is 174 Å². The predicted molar refractivity (Wildman–Crippen MR) is 115 cm³/mol. The first-order valence-electron chi connectivity index (χ1n) is 8.58. The van der Waals surface area contributed by atoms with Crippen LogP contribution in [0.1, 0.15) is 20.7 Å². The second-order valence-corrected chi connectivity index (χ2v) is 7.65. The Morgan fingerprint density at radius 3 is 2.48 bits per heavy atom. The van der Waals surface area contributed by atoms with Crippen LogP contribution >= 0.6 is 22.9 Å². The number of anilines is 1. The fraction of sp³-hybridized carbons (Fsp3) is 0. The molecule has 144 valence electrons. The first kappa shape index (κ1) is 19.0. The third-order valence-electron chi connectivity index (χ3n) is 4.51. The Bertz CT molecular complexity index is 1250. The average Bonchev–Trinajstić information content (AvgIpc) is 3.12. The van der Waals surface area contributed by atoms with Crippen molar-refractivity contribution in [3.63, 3.8) is 0 Å². The van der Waals surface area contributed by atoms with Crippen LogP contribution in [0.15, 0.2) is 66.0 Å². The van der Waals surface area contributed by atoms with Crippen molar-refractivity contribution in [2.75, 3.05) is 5.32 Å². The number of hydrogen-bond donors (Lipinski definition) is 3. The number of carbonyl (C=O) groups excluding carboxylic acids is 1. The van der Waals surface area contributed by atoms with Gasteiger partial charge in [-0.15, -0.1) is 11.3 Å². The van der Waals surface area contributed by atoms with Gasteiger partial charge in [0.15, 0.2) is 0 Å². The number of thiophene rings is 1. The molecule has 7 heteroatoms. The van der Waals surface area contributed by atoms with Crippen LogP contribution in [0.25, 0.3) is 21.9 Å². The number of fused-ring (bicyclic) bond motifs is 1. The van der Waals surface area contributed by atoms with E-state index >= 15 is 0 Å². The van der Waals surface area contributed by atoms with E-state index in [4.69, 9.17) is 11.6 Å². The van der Waals surface area contributed by atoms with Crippen LogP contribution in [0, 0.1) is 0 Å².